The Kier molecular flexibility index (Phi) is 4.03. The van der Waals surface area contributed by atoms with Gasteiger partial charge in [0.25, 0.3) is 0 Å². The lowest BCUT2D eigenvalue weighted by Gasteiger charge is -2.37. The fraction of sp³-hybridized carbons (Fsp3) is 0.625. The molecule has 0 aromatic heterocycles. The second-order valence-electron chi connectivity index (χ2n) is 6.62. The molecule has 0 aliphatic carbocycles. The lowest BCUT2D eigenvalue weighted by molar-refractivity contribution is -0.0470. The van der Waals surface area contributed by atoms with E-state index in [1.807, 2.05) is 19.1 Å². The third-order valence-corrected chi connectivity index (χ3v) is 3.59. The minimum absolute atomic E-state index is 0.163. The molecule has 1 rings (SSSR count). The predicted molar refractivity (Wildman–Crippen MR) is 74.0 cm³/mol. The summed E-state index contributed by atoms with van der Waals surface area (Å²) in [7, 11) is 0. The van der Waals surface area contributed by atoms with Gasteiger partial charge in [-0.1, -0.05) is 58.9 Å². The van der Waals surface area contributed by atoms with Crippen LogP contribution in [0.5, 0.6) is 0 Å². The number of aliphatic hydroxyl groups is 1. The molecular formula is C16H26O. The van der Waals surface area contributed by atoms with Crippen LogP contribution in [-0.2, 0) is 12.0 Å². The second kappa shape index (κ2) is 4.81. The highest BCUT2D eigenvalue weighted by molar-refractivity contribution is 5.29. The molecule has 1 atom stereocenters. The van der Waals surface area contributed by atoms with Gasteiger partial charge in [0, 0.05) is 0 Å². The molecule has 1 aromatic rings. The van der Waals surface area contributed by atoms with Crippen molar-refractivity contribution in [3.05, 3.63) is 35.4 Å². The highest BCUT2D eigenvalue weighted by Gasteiger charge is 2.36. The molecule has 1 heteroatoms. The van der Waals surface area contributed by atoms with Crippen molar-refractivity contribution in [2.75, 3.05) is 0 Å². The van der Waals surface area contributed by atoms with Crippen LogP contribution in [0.4, 0.5) is 0 Å². The van der Waals surface area contributed by atoms with Crippen molar-refractivity contribution in [2.24, 2.45) is 11.3 Å². The largest absolute Gasteiger partial charge is 0.385 e. The van der Waals surface area contributed by atoms with E-state index >= 15 is 0 Å². The predicted octanol–water partition coefficient (Wildman–Crippen LogP) is 4.14. The Bertz CT molecular complexity index is 369. The van der Waals surface area contributed by atoms with Gasteiger partial charge in [-0.3, -0.25) is 0 Å². The first kappa shape index (κ1) is 14.2. The van der Waals surface area contributed by atoms with Crippen LogP contribution in [0.2, 0.25) is 0 Å². The second-order valence-corrected chi connectivity index (χ2v) is 6.62. The zero-order chi connectivity index (χ0) is 13.3. The van der Waals surface area contributed by atoms with Crippen molar-refractivity contribution >= 4 is 0 Å². The normalized spacial score (nSPS) is 16.0. The van der Waals surface area contributed by atoms with Gasteiger partial charge in [-0.25, -0.2) is 0 Å². The molecule has 0 saturated carbocycles. The summed E-state index contributed by atoms with van der Waals surface area (Å²) in [6.45, 7) is 12.6. The highest BCUT2D eigenvalue weighted by atomic mass is 16.3. The summed E-state index contributed by atoms with van der Waals surface area (Å²) >= 11 is 0. The van der Waals surface area contributed by atoms with Gasteiger partial charge in [-0.2, -0.15) is 0 Å². The lowest BCUT2D eigenvalue weighted by Crippen LogP contribution is -2.36. The Morgan fingerprint density at radius 1 is 1.12 bits per heavy atom. The van der Waals surface area contributed by atoms with E-state index in [1.54, 1.807) is 0 Å². The summed E-state index contributed by atoms with van der Waals surface area (Å²) in [6, 6.07) is 8.36. The van der Waals surface area contributed by atoms with Crippen LogP contribution in [0.3, 0.4) is 0 Å². The monoisotopic (exact) mass is 234 g/mol. The molecule has 1 aromatic carbocycles. The molecule has 1 nitrogen and oxygen atoms in total. The smallest absolute Gasteiger partial charge is 0.0916 e. The van der Waals surface area contributed by atoms with Gasteiger partial charge in [-0.15, -0.1) is 0 Å². The minimum Gasteiger partial charge on any atom is -0.385 e. The summed E-state index contributed by atoms with van der Waals surface area (Å²) in [6.07, 6.45) is 1.06. The SMILES string of the molecule is CC(C)Cc1cccc(C(C)(O)C(C)(C)C)c1. The average Bonchev–Trinajstić information content (AvgIpc) is 2.15. The molecule has 0 aliphatic rings. The van der Waals surface area contributed by atoms with E-state index in [0.29, 0.717) is 5.92 Å². The summed E-state index contributed by atoms with van der Waals surface area (Å²) < 4.78 is 0. The van der Waals surface area contributed by atoms with E-state index < -0.39 is 5.60 Å². The lowest BCUT2D eigenvalue weighted by atomic mass is 9.73. The standard InChI is InChI=1S/C16H26O/c1-12(2)10-13-8-7-9-14(11-13)16(6,17)15(3,4)5/h7-9,11-12,17H,10H2,1-6H3. The maximum absolute atomic E-state index is 10.7. The van der Waals surface area contributed by atoms with Crippen molar-refractivity contribution in [3.8, 4) is 0 Å². The van der Waals surface area contributed by atoms with Gasteiger partial charge in [0.15, 0.2) is 0 Å². The van der Waals surface area contributed by atoms with Crippen molar-refractivity contribution in [1.82, 2.24) is 0 Å². The first-order chi connectivity index (χ1) is 7.64. The van der Waals surface area contributed by atoms with Crippen molar-refractivity contribution < 1.29 is 5.11 Å². The summed E-state index contributed by atoms with van der Waals surface area (Å²) in [5, 5.41) is 10.7. The first-order valence-corrected chi connectivity index (χ1v) is 6.46. The number of benzene rings is 1. The van der Waals surface area contributed by atoms with Crippen LogP contribution >= 0.6 is 0 Å². The molecule has 0 radical (unpaired) electrons. The van der Waals surface area contributed by atoms with E-state index in [1.165, 1.54) is 5.56 Å². The molecule has 0 aliphatic heterocycles. The fourth-order valence-electron chi connectivity index (χ4n) is 1.91. The van der Waals surface area contributed by atoms with E-state index in [-0.39, 0.29) is 5.41 Å². The van der Waals surface area contributed by atoms with Crippen LogP contribution in [0.25, 0.3) is 0 Å². The molecule has 0 bridgehead atoms. The molecule has 0 fully saturated rings. The van der Waals surface area contributed by atoms with Crippen LogP contribution in [-0.4, -0.2) is 5.11 Å². The van der Waals surface area contributed by atoms with Gasteiger partial charge in [-0.05, 0) is 35.8 Å². The van der Waals surface area contributed by atoms with E-state index in [2.05, 4.69) is 46.8 Å². The average molecular weight is 234 g/mol. The van der Waals surface area contributed by atoms with E-state index in [9.17, 15) is 5.11 Å². The van der Waals surface area contributed by atoms with Gasteiger partial charge in [0.05, 0.1) is 5.60 Å². The highest BCUT2D eigenvalue weighted by Crippen LogP contribution is 2.39. The quantitative estimate of drug-likeness (QED) is 0.833. The number of hydrogen-bond acceptors (Lipinski definition) is 1. The number of rotatable bonds is 3. The topological polar surface area (TPSA) is 20.2 Å². The molecular weight excluding hydrogens is 208 g/mol. The van der Waals surface area contributed by atoms with Crippen LogP contribution in [0.15, 0.2) is 24.3 Å². The third kappa shape index (κ3) is 3.32. The van der Waals surface area contributed by atoms with Gasteiger partial charge in [0.1, 0.15) is 0 Å². The molecule has 0 spiro atoms. The molecule has 96 valence electrons. The Labute approximate surface area is 106 Å². The molecule has 0 amide bonds. The fourth-order valence-corrected chi connectivity index (χ4v) is 1.91. The first-order valence-electron chi connectivity index (χ1n) is 6.46. The molecule has 17 heavy (non-hydrogen) atoms. The van der Waals surface area contributed by atoms with Crippen LogP contribution < -0.4 is 0 Å². The van der Waals surface area contributed by atoms with E-state index in [4.69, 9.17) is 0 Å². The molecule has 1 unspecified atom stereocenters. The zero-order valence-corrected chi connectivity index (χ0v) is 12.0. The van der Waals surface area contributed by atoms with Gasteiger partial charge in [0.2, 0.25) is 0 Å². The Balaban J connectivity index is 3.07. The summed E-state index contributed by atoms with van der Waals surface area (Å²) in [5.41, 5.74) is 1.37. The Hall–Kier alpha value is -0.820. The van der Waals surface area contributed by atoms with Crippen LogP contribution in [0.1, 0.15) is 52.7 Å². The molecule has 0 heterocycles. The Morgan fingerprint density at radius 2 is 1.71 bits per heavy atom. The number of hydrogen-bond donors (Lipinski definition) is 1. The zero-order valence-electron chi connectivity index (χ0n) is 12.0. The Morgan fingerprint density at radius 3 is 2.18 bits per heavy atom. The molecule has 0 saturated heterocycles. The maximum Gasteiger partial charge on any atom is 0.0916 e. The van der Waals surface area contributed by atoms with Gasteiger partial charge < -0.3 is 5.11 Å². The maximum atomic E-state index is 10.7. The van der Waals surface area contributed by atoms with Crippen molar-refractivity contribution in [3.63, 3.8) is 0 Å². The van der Waals surface area contributed by atoms with Crippen LogP contribution in [0, 0.1) is 11.3 Å². The van der Waals surface area contributed by atoms with Crippen molar-refractivity contribution in [2.45, 2.75) is 53.6 Å². The minimum atomic E-state index is -0.792. The molecule has 1 N–H and O–H groups in total. The third-order valence-electron chi connectivity index (χ3n) is 3.59. The summed E-state index contributed by atoms with van der Waals surface area (Å²) in [4.78, 5) is 0. The summed E-state index contributed by atoms with van der Waals surface area (Å²) in [5.74, 6) is 0.643. The van der Waals surface area contributed by atoms with Crippen molar-refractivity contribution in [1.29, 1.82) is 0 Å². The van der Waals surface area contributed by atoms with Gasteiger partial charge >= 0.3 is 0 Å². The van der Waals surface area contributed by atoms with E-state index in [0.717, 1.165) is 12.0 Å².